The molecule has 0 amide bonds. The minimum atomic E-state index is -1.19. The molecule has 88 valence electrons. The van der Waals surface area contributed by atoms with E-state index in [1.165, 1.54) is 18.4 Å². The highest BCUT2D eigenvalue weighted by Crippen LogP contribution is 2.31. The van der Waals surface area contributed by atoms with Gasteiger partial charge >= 0.3 is 5.97 Å². The smallest absolute Gasteiger partial charge is 0.340 e. The lowest BCUT2D eigenvalue weighted by Gasteiger charge is -2.04. The van der Waals surface area contributed by atoms with E-state index in [1.807, 2.05) is 36.4 Å². The van der Waals surface area contributed by atoms with Crippen LogP contribution in [0.3, 0.4) is 0 Å². The van der Waals surface area contributed by atoms with Crippen LogP contribution in [0.25, 0.3) is 10.4 Å². The zero-order chi connectivity index (χ0) is 12.3. The van der Waals surface area contributed by atoms with Crippen molar-refractivity contribution in [2.24, 2.45) is 0 Å². The number of carbonyl (C=O) groups is 1. The second kappa shape index (κ2) is 5.12. The van der Waals surface area contributed by atoms with Gasteiger partial charge < -0.3 is 9.84 Å². The van der Waals surface area contributed by atoms with Gasteiger partial charge in [-0.05, 0) is 17.7 Å². The molecule has 0 aliphatic heterocycles. The molecule has 1 N–H and O–H groups in total. The summed E-state index contributed by atoms with van der Waals surface area (Å²) in [5, 5.41) is 9.69. The third kappa shape index (κ3) is 2.54. The van der Waals surface area contributed by atoms with Gasteiger partial charge in [0.25, 0.3) is 0 Å². The Hall–Kier alpha value is -1.65. The molecule has 1 aromatic carbocycles. The molecule has 0 saturated carbocycles. The highest BCUT2D eigenvalue weighted by Gasteiger charge is 2.19. The van der Waals surface area contributed by atoms with Gasteiger partial charge in [0.1, 0.15) is 0 Å². The van der Waals surface area contributed by atoms with Crippen LogP contribution in [-0.2, 0) is 9.53 Å². The topological polar surface area (TPSA) is 46.5 Å². The molecule has 17 heavy (non-hydrogen) atoms. The lowest BCUT2D eigenvalue weighted by Crippen LogP contribution is -2.11. The van der Waals surface area contributed by atoms with Gasteiger partial charge in [0.15, 0.2) is 6.10 Å². The predicted molar refractivity (Wildman–Crippen MR) is 66.7 cm³/mol. The number of ether oxygens (including phenoxy) is 1. The zero-order valence-electron chi connectivity index (χ0n) is 9.29. The molecule has 0 bridgehead atoms. The van der Waals surface area contributed by atoms with Gasteiger partial charge in [0.2, 0.25) is 0 Å². The lowest BCUT2D eigenvalue weighted by atomic mass is 10.2. The number of aliphatic hydroxyl groups excluding tert-OH is 1. The van der Waals surface area contributed by atoms with Gasteiger partial charge in [0, 0.05) is 9.75 Å². The summed E-state index contributed by atoms with van der Waals surface area (Å²) in [5.41, 5.74) is 1.07. The van der Waals surface area contributed by atoms with Crippen LogP contribution in [0.4, 0.5) is 0 Å². The molecule has 1 atom stereocenters. The Labute approximate surface area is 103 Å². The zero-order valence-corrected chi connectivity index (χ0v) is 10.1. The SMILES string of the molecule is COC(=O)C(O)c1ccc(-c2ccccc2)s1. The summed E-state index contributed by atoms with van der Waals surface area (Å²) >= 11 is 1.39. The summed E-state index contributed by atoms with van der Waals surface area (Å²) in [6.45, 7) is 0. The number of hydrogen-bond acceptors (Lipinski definition) is 4. The average molecular weight is 248 g/mol. The van der Waals surface area contributed by atoms with Crippen molar-refractivity contribution in [3.05, 3.63) is 47.3 Å². The highest BCUT2D eigenvalue weighted by molar-refractivity contribution is 7.15. The number of rotatable bonds is 3. The van der Waals surface area contributed by atoms with E-state index in [2.05, 4.69) is 4.74 Å². The fraction of sp³-hybridized carbons (Fsp3) is 0.154. The fourth-order valence-corrected chi connectivity index (χ4v) is 2.47. The number of methoxy groups -OCH3 is 1. The number of aliphatic hydroxyl groups is 1. The molecular formula is C13H12O3S. The van der Waals surface area contributed by atoms with Crippen LogP contribution in [0.2, 0.25) is 0 Å². The van der Waals surface area contributed by atoms with Gasteiger partial charge in [-0.2, -0.15) is 0 Å². The first-order valence-corrected chi connectivity index (χ1v) is 5.95. The maximum absolute atomic E-state index is 11.2. The third-order valence-electron chi connectivity index (χ3n) is 2.38. The molecule has 0 radical (unpaired) electrons. The lowest BCUT2D eigenvalue weighted by molar-refractivity contribution is -0.150. The first-order valence-electron chi connectivity index (χ1n) is 5.13. The van der Waals surface area contributed by atoms with E-state index in [0.29, 0.717) is 4.88 Å². The molecule has 1 aromatic heterocycles. The largest absolute Gasteiger partial charge is 0.467 e. The third-order valence-corrected chi connectivity index (χ3v) is 3.57. The van der Waals surface area contributed by atoms with Crippen LogP contribution in [0.1, 0.15) is 11.0 Å². The summed E-state index contributed by atoms with van der Waals surface area (Å²) in [7, 11) is 1.26. The van der Waals surface area contributed by atoms with Crippen LogP contribution in [-0.4, -0.2) is 18.2 Å². The summed E-state index contributed by atoms with van der Waals surface area (Å²) in [4.78, 5) is 12.8. The van der Waals surface area contributed by atoms with Crippen LogP contribution < -0.4 is 0 Å². The van der Waals surface area contributed by atoms with Crippen molar-refractivity contribution in [3.8, 4) is 10.4 Å². The molecule has 0 aliphatic carbocycles. The van der Waals surface area contributed by atoms with E-state index in [-0.39, 0.29) is 0 Å². The first-order chi connectivity index (χ1) is 8.22. The first kappa shape index (κ1) is 11.8. The van der Waals surface area contributed by atoms with E-state index in [4.69, 9.17) is 0 Å². The second-order valence-corrected chi connectivity index (χ2v) is 4.61. The maximum Gasteiger partial charge on any atom is 0.340 e. The van der Waals surface area contributed by atoms with Crippen LogP contribution in [0, 0.1) is 0 Å². The Morgan fingerprint density at radius 3 is 2.59 bits per heavy atom. The number of hydrogen-bond donors (Lipinski definition) is 1. The minimum Gasteiger partial charge on any atom is -0.467 e. The molecule has 1 unspecified atom stereocenters. The maximum atomic E-state index is 11.2. The minimum absolute atomic E-state index is 0.593. The Kier molecular flexibility index (Phi) is 3.56. The molecule has 0 aliphatic rings. The summed E-state index contributed by atoms with van der Waals surface area (Å²) < 4.78 is 4.50. The number of benzene rings is 1. The van der Waals surface area contributed by atoms with Crippen molar-refractivity contribution >= 4 is 17.3 Å². The quantitative estimate of drug-likeness (QED) is 0.849. The fourth-order valence-electron chi connectivity index (χ4n) is 1.49. The Morgan fingerprint density at radius 1 is 1.24 bits per heavy atom. The van der Waals surface area contributed by atoms with Gasteiger partial charge in [0.05, 0.1) is 7.11 Å². The van der Waals surface area contributed by atoms with Crippen molar-refractivity contribution in [1.29, 1.82) is 0 Å². The normalized spacial score (nSPS) is 12.1. The van der Waals surface area contributed by atoms with Crippen molar-refractivity contribution in [1.82, 2.24) is 0 Å². The summed E-state index contributed by atoms with van der Waals surface area (Å²) in [6, 6.07) is 13.5. The van der Waals surface area contributed by atoms with E-state index in [9.17, 15) is 9.90 Å². The molecular weight excluding hydrogens is 236 g/mol. The monoisotopic (exact) mass is 248 g/mol. The van der Waals surface area contributed by atoms with E-state index >= 15 is 0 Å². The van der Waals surface area contributed by atoms with Crippen molar-refractivity contribution in [3.63, 3.8) is 0 Å². The van der Waals surface area contributed by atoms with Crippen LogP contribution in [0.5, 0.6) is 0 Å². The van der Waals surface area contributed by atoms with Crippen molar-refractivity contribution in [2.45, 2.75) is 6.10 Å². The van der Waals surface area contributed by atoms with Gasteiger partial charge in [-0.3, -0.25) is 0 Å². The van der Waals surface area contributed by atoms with E-state index in [1.54, 1.807) is 6.07 Å². The molecule has 1 heterocycles. The van der Waals surface area contributed by atoms with Crippen LogP contribution >= 0.6 is 11.3 Å². The molecule has 0 saturated heterocycles. The number of carbonyl (C=O) groups excluding carboxylic acids is 1. The average Bonchev–Trinajstić information content (AvgIpc) is 2.87. The van der Waals surface area contributed by atoms with E-state index < -0.39 is 12.1 Å². The molecule has 2 rings (SSSR count). The molecule has 0 spiro atoms. The molecule has 0 fully saturated rings. The number of thiophene rings is 1. The number of esters is 1. The summed E-state index contributed by atoms with van der Waals surface area (Å²) in [6.07, 6.45) is -1.19. The molecule has 4 heteroatoms. The van der Waals surface area contributed by atoms with Crippen molar-refractivity contribution in [2.75, 3.05) is 7.11 Å². The van der Waals surface area contributed by atoms with Gasteiger partial charge in [-0.15, -0.1) is 11.3 Å². The Balaban J connectivity index is 2.25. The van der Waals surface area contributed by atoms with Gasteiger partial charge in [-0.25, -0.2) is 4.79 Å². The Bertz CT molecular complexity index is 504. The highest BCUT2D eigenvalue weighted by atomic mass is 32.1. The Morgan fingerprint density at radius 2 is 1.94 bits per heavy atom. The van der Waals surface area contributed by atoms with E-state index in [0.717, 1.165) is 10.4 Å². The standard InChI is InChI=1S/C13H12O3S/c1-16-13(15)12(14)11-8-7-10(17-11)9-5-3-2-4-6-9/h2-8,12,14H,1H3. The van der Waals surface area contributed by atoms with Crippen molar-refractivity contribution < 1.29 is 14.6 Å². The van der Waals surface area contributed by atoms with Gasteiger partial charge in [-0.1, -0.05) is 30.3 Å². The molecule has 3 nitrogen and oxygen atoms in total. The predicted octanol–water partition coefficient (Wildman–Crippen LogP) is 2.62. The molecule has 2 aromatic rings. The second-order valence-electron chi connectivity index (χ2n) is 3.49. The summed E-state index contributed by atoms with van der Waals surface area (Å²) in [5.74, 6) is -0.633. The van der Waals surface area contributed by atoms with Crippen LogP contribution in [0.15, 0.2) is 42.5 Å².